The monoisotopic (exact) mass is 207 g/mol. The van der Waals surface area contributed by atoms with Crippen molar-refractivity contribution < 1.29 is 4.79 Å². The summed E-state index contributed by atoms with van der Waals surface area (Å²) in [4.78, 5) is 10.5. The Labute approximate surface area is 89.9 Å². The first-order valence-corrected chi connectivity index (χ1v) is 4.95. The third-order valence-corrected chi connectivity index (χ3v) is 2.60. The average Bonchev–Trinajstić information content (AvgIpc) is 2.16. The van der Waals surface area contributed by atoms with Crippen LogP contribution in [0.4, 0.5) is 4.79 Å². The minimum absolute atomic E-state index is 0.419. The van der Waals surface area contributed by atoms with Crippen molar-refractivity contribution in [3.63, 3.8) is 0 Å². The highest BCUT2D eigenvalue weighted by Crippen LogP contribution is 2.26. The molecule has 0 radical (unpaired) electrons. The van der Waals surface area contributed by atoms with Crippen molar-refractivity contribution >= 4 is 11.7 Å². The van der Waals surface area contributed by atoms with Gasteiger partial charge in [0.05, 0.1) is 5.71 Å². The summed E-state index contributed by atoms with van der Waals surface area (Å²) in [6.45, 7) is 7.93. The Kier molecular flexibility index (Phi) is 3.66. The zero-order chi connectivity index (χ0) is 11.4. The molecule has 0 aromatic rings. The molecule has 0 aromatic carbocycles. The maximum atomic E-state index is 10.5. The molecule has 3 N–H and O–H groups in total. The second-order valence-corrected chi connectivity index (χ2v) is 3.90. The fraction of sp³-hybridized carbons (Fsp3) is 0.455. The molecule has 0 saturated heterocycles. The summed E-state index contributed by atoms with van der Waals surface area (Å²) < 4.78 is 0. The van der Waals surface area contributed by atoms with E-state index in [0.29, 0.717) is 5.92 Å². The summed E-state index contributed by atoms with van der Waals surface area (Å²) in [5, 5.41) is 3.98. The lowest BCUT2D eigenvalue weighted by molar-refractivity contribution is 0.249. The second-order valence-electron chi connectivity index (χ2n) is 3.90. The van der Waals surface area contributed by atoms with E-state index in [-0.39, 0.29) is 0 Å². The van der Waals surface area contributed by atoms with E-state index in [0.717, 1.165) is 29.7 Å². The molecule has 1 atom stereocenters. The van der Waals surface area contributed by atoms with Crippen molar-refractivity contribution in [3.05, 3.63) is 23.8 Å². The summed E-state index contributed by atoms with van der Waals surface area (Å²) >= 11 is 0. The van der Waals surface area contributed by atoms with Crippen LogP contribution >= 0.6 is 0 Å². The van der Waals surface area contributed by atoms with Gasteiger partial charge in [-0.3, -0.25) is 0 Å². The van der Waals surface area contributed by atoms with E-state index in [2.05, 4.69) is 23.2 Å². The zero-order valence-corrected chi connectivity index (χ0v) is 9.21. The number of nitrogens with two attached hydrogens (primary N) is 1. The largest absolute Gasteiger partial charge is 0.350 e. The summed E-state index contributed by atoms with van der Waals surface area (Å²) in [7, 11) is 0. The third-order valence-electron chi connectivity index (χ3n) is 2.60. The SMILES string of the molecule is C=C(C)[C@@H]1CC=C(C)C(=NNC(N)=O)C1. The zero-order valence-electron chi connectivity index (χ0n) is 9.21. The smallest absolute Gasteiger partial charge is 0.332 e. The lowest BCUT2D eigenvalue weighted by Crippen LogP contribution is -2.27. The van der Waals surface area contributed by atoms with Crippen LogP contribution < -0.4 is 11.2 Å². The second kappa shape index (κ2) is 4.77. The van der Waals surface area contributed by atoms with E-state index in [4.69, 9.17) is 5.73 Å². The van der Waals surface area contributed by atoms with Gasteiger partial charge < -0.3 is 5.73 Å². The van der Waals surface area contributed by atoms with Gasteiger partial charge in [-0.2, -0.15) is 5.10 Å². The molecule has 0 bridgehead atoms. The minimum Gasteiger partial charge on any atom is -0.350 e. The molecule has 4 nitrogen and oxygen atoms in total. The molecule has 0 spiro atoms. The first-order chi connectivity index (χ1) is 7.00. The molecule has 0 fully saturated rings. The van der Waals surface area contributed by atoms with Crippen LogP contribution in [0.1, 0.15) is 26.7 Å². The van der Waals surface area contributed by atoms with Crippen LogP contribution in [0.5, 0.6) is 0 Å². The van der Waals surface area contributed by atoms with E-state index in [1.807, 2.05) is 13.8 Å². The first kappa shape index (κ1) is 11.5. The number of rotatable bonds is 2. The van der Waals surface area contributed by atoms with Crippen molar-refractivity contribution in [2.24, 2.45) is 16.8 Å². The Hall–Kier alpha value is -1.58. The fourth-order valence-corrected chi connectivity index (χ4v) is 1.55. The number of urea groups is 1. The molecule has 1 rings (SSSR count). The summed E-state index contributed by atoms with van der Waals surface area (Å²) in [5.74, 6) is 0.419. The Morgan fingerprint density at radius 3 is 2.93 bits per heavy atom. The van der Waals surface area contributed by atoms with E-state index >= 15 is 0 Å². The number of allylic oxidation sites excluding steroid dienone is 3. The van der Waals surface area contributed by atoms with Crippen molar-refractivity contribution in [3.8, 4) is 0 Å². The molecule has 1 aliphatic carbocycles. The van der Waals surface area contributed by atoms with Crippen LogP contribution in [0.25, 0.3) is 0 Å². The van der Waals surface area contributed by atoms with Gasteiger partial charge in [0.25, 0.3) is 0 Å². The third kappa shape index (κ3) is 3.23. The lowest BCUT2D eigenvalue weighted by atomic mass is 9.85. The van der Waals surface area contributed by atoms with E-state index < -0.39 is 6.03 Å². The fourth-order valence-electron chi connectivity index (χ4n) is 1.55. The van der Waals surface area contributed by atoms with Gasteiger partial charge in [-0.15, -0.1) is 0 Å². The van der Waals surface area contributed by atoms with Gasteiger partial charge in [0.1, 0.15) is 0 Å². The highest BCUT2D eigenvalue weighted by Gasteiger charge is 2.18. The van der Waals surface area contributed by atoms with Crippen molar-refractivity contribution in [1.29, 1.82) is 0 Å². The number of nitrogens with zero attached hydrogens (tertiary/aromatic N) is 1. The maximum absolute atomic E-state index is 10.5. The molecule has 0 aromatic heterocycles. The molecule has 15 heavy (non-hydrogen) atoms. The molecule has 0 saturated carbocycles. The van der Waals surface area contributed by atoms with Gasteiger partial charge in [-0.25, -0.2) is 10.2 Å². The van der Waals surface area contributed by atoms with Crippen molar-refractivity contribution in [2.45, 2.75) is 26.7 Å². The normalized spacial score (nSPS) is 23.5. The van der Waals surface area contributed by atoms with E-state index in [1.54, 1.807) is 0 Å². The van der Waals surface area contributed by atoms with Crippen molar-refractivity contribution in [1.82, 2.24) is 5.43 Å². The van der Waals surface area contributed by atoms with E-state index in [9.17, 15) is 4.79 Å². The molecule has 82 valence electrons. The summed E-state index contributed by atoms with van der Waals surface area (Å²) in [6.07, 6.45) is 3.93. The van der Waals surface area contributed by atoms with Crippen LogP contribution in [0.2, 0.25) is 0 Å². The minimum atomic E-state index is -0.632. The van der Waals surface area contributed by atoms with Gasteiger partial charge in [-0.05, 0) is 38.2 Å². The number of nitrogens with one attached hydrogen (secondary N) is 1. The standard InChI is InChI=1S/C11H17N3O/c1-7(2)9-5-4-8(3)10(6-9)13-14-11(12)15/h4,9H,1,5-6H2,2-3H3,(H3,12,14,15)/t9-/m1/s1. The van der Waals surface area contributed by atoms with Gasteiger partial charge in [0, 0.05) is 0 Å². The molecular weight excluding hydrogens is 190 g/mol. The van der Waals surface area contributed by atoms with Crippen molar-refractivity contribution in [2.75, 3.05) is 0 Å². The average molecular weight is 207 g/mol. The highest BCUT2D eigenvalue weighted by atomic mass is 16.2. The van der Waals surface area contributed by atoms with Crippen LogP contribution in [0.15, 0.2) is 28.9 Å². The molecule has 0 aliphatic heterocycles. The van der Waals surface area contributed by atoms with Gasteiger partial charge in [-0.1, -0.05) is 18.2 Å². The number of hydrogen-bond donors (Lipinski definition) is 2. The molecule has 4 heteroatoms. The Morgan fingerprint density at radius 1 is 1.73 bits per heavy atom. The molecule has 0 heterocycles. The molecular formula is C11H17N3O. The Morgan fingerprint density at radius 2 is 2.40 bits per heavy atom. The topological polar surface area (TPSA) is 67.5 Å². The molecule has 2 amide bonds. The van der Waals surface area contributed by atoms with Gasteiger partial charge >= 0.3 is 6.03 Å². The molecule has 0 unspecified atom stereocenters. The maximum Gasteiger partial charge on any atom is 0.332 e. The number of carbonyl (C=O) groups excluding carboxylic acids is 1. The number of hydrazone groups is 1. The van der Waals surface area contributed by atoms with Crippen LogP contribution in [0, 0.1) is 5.92 Å². The summed E-state index contributed by atoms with van der Waals surface area (Å²) in [6, 6.07) is -0.632. The quantitative estimate of drug-likeness (QED) is 0.527. The summed E-state index contributed by atoms with van der Waals surface area (Å²) in [5.41, 5.74) is 10.3. The molecule has 1 aliphatic rings. The van der Waals surface area contributed by atoms with Gasteiger partial charge in [0.15, 0.2) is 0 Å². The van der Waals surface area contributed by atoms with Crippen LogP contribution in [-0.4, -0.2) is 11.7 Å². The van der Waals surface area contributed by atoms with Crippen LogP contribution in [0.3, 0.4) is 0 Å². The predicted molar refractivity (Wildman–Crippen MR) is 61.4 cm³/mol. The first-order valence-electron chi connectivity index (χ1n) is 4.95. The number of primary amides is 1. The van der Waals surface area contributed by atoms with Crippen LogP contribution in [-0.2, 0) is 0 Å². The number of hydrogen-bond acceptors (Lipinski definition) is 2. The van der Waals surface area contributed by atoms with E-state index in [1.165, 1.54) is 0 Å². The highest BCUT2D eigenvalue weighted by molar-refractivity contribution is 6.01. The van der Waals surface area contributed by atoms with Gasteiger partial charge in [0.2, 0.25) is 0 Å². The lowest BCUT2D eigenvalue weighted by Gasteiger charge is -2.22. The number of amides is 2. The Bertz CT molecular complexity index is 342. The predicted octanol–water partition coefficient (Wildman–Crippen LogP) is 1.94. The number of carbonyl (C=O) groups is 1. The Balaban J connectivity index is 2.75.